The number of carbonyl (C=O) groups excluding carboxylic acids is 1. The fourth-order valence-corrected chi connectivity index (χ4v) is 4.05. The standard InChI is InChI=1S/C22H18FN5O3S/c23-19-6-1-2-7-20(19)27-32(30,31)18-10-8-16(9-11-18)22(29)25-15-17-5-3-12-24-21(17)28-14-4-13-26-28/h1-14,27H,15H2,(H,25,29). The summed E-state index contributed by atoms with van der Waals surface area (Å²) in [5.74, 6) is -0.471. The molecule has 0 saturated heterocycles. The highest BCUT2D eigenvalue weighted by Crippen LogP contribution is 2.19. The van der Waals surface area contributed by atoms with Crippen molar-refractivity contribution in [2.24, 2.45) is 0 Å². The van der Waals surface area contributed by atoms with Crippen molar-refractivity contribution in [2.45, 2.75) is 11.4 Å². The molecule has 4 aromatic rings. The maximum atomic E-state index is 13.8. The molecule has 0 bridgehead atoms. The van der Waals surface area contributed by atoms with E-state index in [0.717, 1.165) is 11.6 Å². The average Bonchev–Trinajstić information content (AvgIpc) is 3.34. The maximum Gasteiger partial charge on any atom is 0.261 e. The second-order valence-corrected chi connectivity index (χ2v) is 8.41. The molecule has 8 nitrogen and oxygen atoms in total. The number of nitrogens with zero attached hydrogens (tertiary/aromatic N) is 3. The highest BCUT2D eigenvalue weighted by molar-refractivity contribution is 7.92. The molecule has 162 valence electrons. The van der Waals surface area contributed by atoms with Crippen LogP contribution in [0.3, 0.4) is 0 Å². The third-order valence-electron chi connectivity index (χ3n) is 4.57. The number of pyridine rings is 1. The first kappa shape index (κ1) is 21.2. The number of anilines is 1. The summed E-state index contributed by atoms with van der Waals surface area (Å²) in [4.78, 5) is 16.8. The van der Waals surface area contributed by atoms with E-state index in [1.165, 1.54) is 42.5 Å². The summed E-state index contributed by atoms with van der Waals surface area (Å²) in [7, 11) is -4.00. The van der Waals surface area contributed by atoms with Crippen molar-refractivity contribution in [3.8, 4) is 5.82 Å². The SMILES string of the molecule is O=C(NCc1cccnc1-n1cccn1)c1ccc(S(=O)(=O)Nc2ccccc2F)cc1. The van der Waals surface area contributed by atoms with Crippen molar-refractivity contribution in [2.75, 3.05) is 4.72 Å². The van der Waals surface area contributed by atoms with Crippen LogP contribution in [0.4, 0.5) is 10.1 Å². The lowest BCUT2D eigenvalue weighted by Crippen LogP contribution is -2.24. The van der Waals surface area contributed by atoms with Crippen LogP contribution in [0.25, 0.3) is 5.82 Å². The highest BCUT2D eigenvalue weighted by atomic mass is 32.2. The molecule has 0 unspecified atom stereocenters. The Morgan fingerprint density at radius 2 is 1.75 bits per heavy atom. The lowest BCUT2D eigenvalue weighted by atomic mass is 10.2. The monoisotopic (exact) mass is 451 g/mol. The predicted molar refractivity (Wildman–Crippen MR) is 116 cm³/mol. The molecule has 0 radical (unpaired) electrons. The zero-order chi connectivity index (χ0) is 22.6. The Morgan fingerprint density at radius 3 is 2.47 bits per heavy atom. The smallest absolute Gasteiger partial charge is 0.261 e. The van der Waals surface area contributed by atoms with Gasteiger partial charge in [-0.3, -0.25) is 9.52 Å². The molecular formula is C22H18FN5O3S. The summed E-state index contributed by atoms with van der Waals surface area (Å²) in [6, 6.07) is 16.2. The fraction of sp³-hybridized carbons (Fsp3) is 0.0455. The van der Waals surface area contributed by atoms with Crippen LogP contribution in [0.2, 0.25) is 0 Å². The quantitative estimate of drug-likeness (QED) is 0.449. The summed E-state index contributed by atoms with van der Waals surface area (Å²) >= 11 is 0. The van der Waals surface area contributed by atoms with Crippen LogP contribution < -0.4 is 10.0 Å². The van der Waals surface area contributed by atoms with Gasteiger partial charge in [0.05, 0.1) is 10.6 Å². The minimum Gasteiger partial charge on any atom is -0.348 e. The van der Waals surface area contributed by atoms with Gasteiger partial charge < -0.3 is 5.32 Å². The highest BCUT2D eigenvalue weighted by Gasteiger charge is 2.17. The number of nitrogens with one attached hydrogen (secondary N) is 2. The minimum absolute atomic E-state index is 0.0921. The van der Waals surface area contributed by atoms with Crippen molar-refractivity contribution >= 4 is 21.6 Å². The lowest BCUT2D eigenvalue weighted by molar-refractivity contribution is 0.0951. The number of benzene rings is 2. The van der Waals surface area contributed by atoms with Crippen molar-refractivity contribution in [3.05, 3.63) is 102 Å². The molecule has 0 atom stereocenters. The number of rotatable bonds is 7. The molecule has 2 aromatic carbocycles. The van der Waals surface area contributed by atoms with Gasteiger partial charge in [-0.05, 0) is 48.5 Å². The number of hydrogen-bond donors (Lipinski definition) is 2. The zero-order valence-corrected chi connectivity index (χ0v) is 17.5. The number of para-hydroxylation sites is 1. The van der Waals surface area contributed by atoms with Crippen LogP contribution in [0.15, 0.2) is 90.2 Å². The van der Waals surface area contributed by atoms with Gasteiger partial charge in [0.2, 0.25) is 0 Å². The largest absolute Gasteiger partial charge is 0.348 e. The Labute approximate surface area is 183 Å². The third kappa shape index (κ3) is 4.65. The Morgan fingerprint density at radius 1 is 0.969 bits per heavy atom. The molecule has 0 fully saturated rings. The van der Waals surface area contributed by atoms with E-state index >= 15 is 0 Å². The first-order valence-electron chi connectivity index (χ1n) is 9.53. The molecule has 0 spiro atoms. The molecule has 0 aliphatic heterocycles. The normalized spacial score (nSPS) is 11.2. The molecule has 10 heteroatoms. The topological polar surface area (TPSA) is 106 Å². The summed E-state index contributed by atoms with van der Waals surface area (Å²) in [6.07, 6.45) is 5.02. The summed E-state index contributed by atoms with van der Waals surface area (Å²) in [5, 5.41) is 6.94. The van der Waals surface area contributed by atoms with E-state index in [9.17, 15) is 17.6 Å². The number of sulfonamides is 1. The van der Waals surface area contributed by atoms with E-state index in [1.54, 1.807) is 35.4 Å². The van der Waals surface area contributed by atoms with Crippen molar-refractivity contribution in [1.29, 1.82) is 0 Å². The Balaban J connectivity index is 1.45. The van der Waals surface area contributed by atoms with Gasteiger partial charge in [0.15, 0.2) is 5.82 Å². The van der Waals surface area contributed by atoms with Crippen LogP contribution in [-0.4, -0.2) is 29.1 Å². The molecule has 0 aliphatic rings. The molecule has 0 saturated carbocycles. The first-order chi connectivity index (χ1) is 15.4. The van der Waals surface area contributed by atoms with Gasteiger partial charge in [-0.25, -0.2) is 22.5 Å². The minimum atomic E-state index is -4.00. The maximum absolute atomic E-state index is 13.8. The number of halogens is 1. The van der Waals surface area contributed by atoms with Gasteiger partial charge in [-0.2, -0.15) is 5.10 Å². The fourth-order valence-electron chi connectivity index (χ4n) is 2.98. The van der Waals surface area contributed by atoms with Crippen LogP contribution in [0.1, 0.15) is 15.9 Å². The first-order valence-corrected chi connectivity index (χ1v) is 11.0. The van der Waals surface area contributed by atoms with E-state index in [4.69, 9.17) is 0 Å². The second kappa shape index (κ2) is 8.98. The van der Waals surface area contributed by atoms with Crippen molar-refractivity contribution in [1.82, 2.24) is 20.1 Å². The van der Waals surface area contributed by atoms with E-state index < -0.39 is 15.8 Å². The van der Waals surface area contributed by atoms with Crippen LogP contribution >= 0.6 is 0 Å². The number of aromatic nitrogens is 3. The number of hydrogen-bond acceptors (Lipinski definition) is 5. The lowest BCUT2D eigenvalue weighted by Gasteiger charge is -2.11. The molecule has 1 amide bonds. The van der Waals surface area contributed by atoms with Gasteiger partial charge in [0.1, 0.15) is 5.82 Å². The molecular weight excluding hydrogens is 433 g/mol. The van der Waals surface area contributed by atoms with Gasteiger partial charge in [-0.15, -0.1) is 0 Å². The number of amides is 1. The number of carbonyl (C=O) groups is 1. The molecule has 2 heterocycles. The second-order valence-electron chi connectivity index (χ2n) is 6.73. The van der Waals surface area contributed by atoms with Gasteiger partial charge >= 0.3 is 0 Å². The van der Waals surface area contributed by atoms with E-state index in [0.29, 0.717) is 5.82 Å². The van der Waals surface area contributed by atoms with Gasteiger partial charge in [0.25, 0.3) is 15.9 Å². The van der Waals surface area contributed by atoms with E-state index in [1.807, 2.05) is 6.07 Å². The van der Waals surface area contributed by atoms with Crippen molar-refractivity contribution < 1.29 is 17.6 Å². The Hall–Kier alpha value is -4.05. The van der Waals surface area contributed by atoms with Crippen LogP contribution in [0.5, 0.6) is 0 Å². The molecule has 2 aromatic heterocycles. The van der Waals surface area contributed by atoms with Crippen LogP contribution in [0, 0.1) is 5.82 Å². The Kier molecular flexibility index (Phi) is 5.95. The average molecular weight is 451 g/mol. The molecule has 4 rings (SSSR count). The van der Waals surface area contributed by atoms with Gasteiger partial charge in [0, 0.05) is 36.3 Å². The molecule has 2 N–H and O–H groups in total. The summed E-state index contributed by atoms with van der Waals surface area (Å²) in [5.41, 5.74) is 0.885. The zero-order valence-electron chi connectivity index (χ0n) is 16.6. The third-order valence-corrected chi connectivity index (χ3v) is 5.95. The molecule has 32 heavy (non-hydrogen) atoms. The van der Waals surface area contributed by atoms with Gasteiger partial charge in [-0.1, -0.05) is 18.2 Å². The van der Waals surface area contributed by atoms with Crippen LogP contribution in [-0.2, 0) is 16.6 Å². The molecule has 0 aliphatic carbocycles. The Bertz CT molecular complexity index is 1340. The summed E-state index contributed by atoms with van der Waals surface area (Å²) in [6.45, 7) is 0.205. The van der Waals surface area contributed by atoms with E-state index in [-0.39, 0.29) is 28.6 Å². The predicted octanol–water partition coefficient (Wildman–Crippen LogP) is 3.14. The van der Waals surface area contributed by atoms with E-state index in [2.05, 4.69) is 20.1 Å². The summed E-state index contributed by atoms with van der Waals surface area (Å²) < 4.78 is 42.6. The van der Waals surface area contributed by atoms with Crippen molar-refractivity contribution in [3.63, 3.8) is 0 Å².